The van der Waals surface area contributed by atoms with Crippen molar-refractivity contribution in [3.63, 3.8) is 0 Å². The smallest absolute Gasteiger partial charge is 0.266 e. The lowest BCUT2D eigenvalue weighted by Crippen LogP contribution is -2.26. The van der Waals surface area contributed by atoms with Crippen LogP contribution >= 0.6 is 11.8 Å². The Morgan fingerprint density at radius 3 is 2.65 bits per heavy atom. The van der Waals surface area contributed by atoms with Gasteiger partial charge in [0, 0.05) is 18.9 Å². The molecule has 0 aliphatic rings. The van der Waals surface area contributed by atoms with E-state index in [0.717, 1.165) is 5.56 Å². The molecule has 31 heavy (non-hydrogen) atoms. The first-order chi connectivity index (χ1) is 15.2. The molecule has 8 heteroatoms. The molecule has 4 rings (SSSR count). The molecule has 0 atom stereocenters. The molecule has 0 saturated heterocycles. The second kappa shape index (κ2) is 9.24. The molecule has 0 aliphatic heterocycles. The van der Waals surface area contributed by atoms with E-state index in [9.17, 15) is 9.59 Å². The molecule has 0 bridgehead atoms. The number of thioether (sulfide) groups is 1. The highest BCUT2D eigenvalue weighted by Crippen LogP contribution is 2.21. The van der Waals surface area contributed by atoms with E-state index in [0.29, 0.717) is 33.9 Å². The van der Waals surface area contributed by atoms with Crippen LogP contribution in [0.5, 0.6) is 0 Å². The van der Waals surface area contributed by atoms with Crippen LogP contribution in [0.2, 0.25) is 0 Å². The van der Waals surface area contributed by atoms with Gasteiger partial charge in [0.25, 0.3) is 5.56 Å². The maximum absolute atomic E-state index is 13.2. The maximum atomic E-state index is 13.2. The van der Waals surface area contributed by atoms with E-state index in [4.69, 9.17) is 5.26 Å². The lowest BCUT2D eigenvalue weighted by molar-refractivity contribution is -0.118. The first-order valence-corrected chi connectivity index (χ1v) is 10.4. The average Bonchev–Trinajstić information content (AvgIpc) is 2.82. The highest BCUT2D eigenvalue weighted by molar-refractivity contribution is 7.99. The van der Waals surface area contributed by atoms with Crippen molar-refractivity contribution in [3.8, 4) is 11.8 Å². The van der Waals surface area contributed by atoms with Crippen LogP contribution in [-0.4, -0.2) is 26.2 Å². The second-order valence-electron chi connectivity index (χ2n) is 6.64. The van der Waals surface area contributed by atoms with Crippen LogP contribution in [0.1, 0.15) is 11.1 Å². The Hall–Kier alpha value is -3.96. The van der Waals surface area contributed by atoms with Crippen molar-refractivity contribution in [2.45, 2.75) is 11.7 Å². The van der Waals surface area contributed by atoms with E-state index in [1.807, 2.05) is 18.2 Å². The third-order valence-corrected chi connectivity index (χ3v) is 5.48. The van der Waals surface area contributed by atoms with Crippen molar-refractivity contribution >= 4 is 28.6 Å². The van der Waals surface area contributed by atoms with Crippen molar-refractivity contribution in [2.24, 2.45) is 0 Å². The number of hydrogen-bond donors (Lipinski definition) is 1. The highest BCUT2D eigenvalue weighted by atomic mass is 32.2. The number of aromatic nitrogens is 3. The Morgan fingerprint density at radius 2 is 1.90 bits per heavy atom. The molecular weight excluding hydrogens is 410 g/mol. The molecular formula is C23H17N5O2S. The average molecular weight is 427 g/mol. The Kier molecular flexibility index (Phi) is 6.05. The van der Waals surface area contributed by atoms with E-state index < -0.39 is 0 Å². The standard InChI is InChI=1S/C23H17N5O2S/c24-12-16-7-9-18(10-8-16)28-22(30)19-5-1-2-6-20(19)27-23(28)31-15-21(29)26-14-17-4-3-11-25-13-17/h1-11,13H,14-15H2,(H,26,29). The first kappa shape index (κ1) is 20.3. The van der Waals surface area contributed by atoms with Gasteiger partial charge in [-0.15, -0.1) is 0 Å². The first-order valence-electron chi connectivity index (χ1n) is 9.46. The van der Waals surface area contributed by atoms with Crippen LogP contribution in [0.15, 0.2) is 83.0 Å². The number of amides is 1. The van der Waals surface area contributed by atoms with Crippen LogP contribution in [0, 0.1) is 11.3 Å². The Morgan fingerprint density at radius 1 is 1.10 bits per heavy atom. The zero-order valence-electron chi connectivity index (χ0n) is 16.4. The van der Waals surface area contributed by atoms with Crippen molar-refractivity contribution in [2.75, 3.05) is 5.75 Å². The number of hydrogen-bond acceptors (Lipinski definition) is 6. The molecule has 7 nitrogen and oxygen atoms in total. The fourth-order valence-corrected chi connectivity index (χ4v) is 3.85. The summed E-state index contributed by atoms with van der Waals surface area (Å²) >= 11 is 1.18. The Balaban J connectivity index is 1.62. The summed E-state index contributed by atoms with van der Waals surface area (Å²) in [5.41, 5.74) is 2.32. The number of benzene rings is 2. The van der Waals surface area contributed by atoms with Crippen LogP contribution in [0.25, 0.3) is 16.6 Å². The largest absolute Gasteiger partial charge is 0.351 e. The lowest BCUT2D eigenvalue weighted by Gasteiger charge is -2.13. The van der Waals surface area contributed by atoms with Gasteiger partial charge < -0.3 is 5.32 Å². The predicted molar refractivity (Wildman–Crippen MR) is 119 cm³/mol. The van der Waals surface area contributed by atoms with E-state index in [-0.39, 0.29) is 17.2 Å². The molecule has 0 saturated carbocycles. The van der Waals surface area contributed by atoms with Gasteiger partial charge >= 0.3 is 0 Å². The minimum atomic E-state index is -0.228. The lowest BCUT2D eigenvalue weighted by atomic mass is 10.2. The monoisotopic (exact) mass is 427 g/mol. The minimum absolute atomic E-state index is 0.0985. The molecule has 2 heterocycles. The quantitative estimate of drug-likeness (QED) is 0.375. The number of fused-ring (bicyclic) bond motifs is 1. The van der Waals surface area contributed by atoms with Crippen molar-refractivity contribution in [1.29, 1.82) is 5.26 Å². The number of nitrogens with zero attached hydrogens (tertiary/aromatic N) is 4. The van der Waals surface area contributed by atoms with Crippen molar-refractivity contribution in [1.82, 2.24) is 19.9 Å². The number of carbonyl (C=O) groups excluding carboxylic acids is 1. The fraction of sp³-hybridized carbons (Fsp3) is 0.0870. The summed E-state index contributed by atoms with van der Waals surface area (Å²) in [6, 6.07) is 19.5. The summed E-state index contributed by atoms with van der Waals surface area (Å²) in [4.78, 5) is 34.2. The van der Waals surface area contributed by atoms with Gasteiger partial charge in [-0.25, -0.2) is 4.98 Å². The topological polar surface area (TPSA) is 101 Å². The van der Waals surface area contributed by atoms with E-state index in [2.05, 4.69) is 21.4 Å². The Bertz CT molecular complexity index is 1330. The Labute approximate surface area is 182 Å². The van der Waals surface area contributed by atoms with E-state index in [1.54, 1.807) is 54.9 Å². The molecule has 0 fully saturated rings. The molecule has 1 amide bonds. The maximum Gasteiger partial charge on any atom is 0.266 e. The summed E-state index contributed by atoms with van der Waals surface area (Å²) in [6.45, 7) is 0.376. The van der Waals surface area contributed by atoms with Crippen LogP contribution < -0.4 is 10.9 Å². The number of para-hydroxylation sites is 1. The van der Waals surface area contributed by atoms with Crippen molar-refractivity contribution < 1.29 is 4.79 Å². The van der Waals surface area contributed by atoms with Crippen LogP contribution in [-0.2, 0) is 11.3 Å². The van der Waals surface area contributed by atoms with E-state index in [1.165, 1.54) is 16.3 Å². The molecule has 0 unspecified atom stereocenters. The normalized spacial score (nSPS) is 10.5. The summed E-state index contributed by atoms with van der Waals surface area (Å²) in [5, 5.41) is 12.8. The van der Waals surface area contributed by atoms with E-state index >= 15 is 0 Å². The molecule has 152 valence electrons. The van der Waals surface area contributed by atoms with Crippen LogP contribution in [0.4, 0.5) is 0 Å². The zero-order valence-corrected chi connectivity index (χ0v) is 17.2. The summed E-state index contributed by atoms with van der Waals surface area (Å²) in [5.74, 6) is -0.0796. The van der Waals surface area contributed by atoms with Gasteiger partial charge in [0.2, 0.25) is 5.91 Å². The van der Waals surface area contributed by atoms with Crippen LogP contribution in [0.3, 0.4) is 0 Å². The van der Waals surface area contributed by atoms with Gasteiger partial charge in [-0.3, -0.25) is 19.1 Å². The highest BCUT2D eigenvalue weighted by Gasteiger charge is 2.15. The van der Waals surface area contributed by atoms with Gasteiger partial charge in [-0.1, -0.05) is 30.0 Å². The zero-order chi connectivity index (χ0) is 21.6. The number of pyridine rings is 1. The van der Waals surface area contributed by atoms with Gasteiger partial charge in [0.05, 0.1) is 34.0 Å². The van der Waals surface area contributed by atoms with Gasteiger partial charge in [-0.2, -0.15) is 5.26 Å². The molecule has 0 spiro atoms. The van der Waals surface area contributed by atoms with Gasteiger partial charge in [-0.05, 0) is 48.0 Å². The van der Waals surface area contributed by atoms with Crippen molar-refractivity contribution in [3.05, 3.63) is 94.5 Å². The molecule has 0 aliphatic carbocycles. The number of nitriles is 1. The summed E-state index contributed by atoms with van der Waals surface area (Å²) in [6.07, 6.45) is 3.37. The predicted octanol–water partition coefficient (Wildman–Crippen LogP) is 3.06. The molecule has 2 aromatic carbocycles. The summed E-state index contributed by atoms with van der Waals surface area (Å²) < 4.78 is 1.47. The SMILES string of the molecule is N#Cc1ccc(-n2c(SCC(=O)NCc3cccnc3)nc3ccccc3c2=O)cc1. The number of carbonyl (C=O) groups is 1. The molecule has 4 aromatic rings. The number of nitrogens with one attached hydrogen (secondary N) is 1. The third-order valence-electron chi connectivity index (χ3n) is 4.54. The fourth-order valence-electron chi connectivity index (χ4n) is 3.01. The summed E-state index contributed by atoms with van der Waals surface area (Å²) in [7, 11) is 0. The number of rotatable bonds is 6. The molecule has 0 radical (unpaired) electrons. The minimum Gasteiger partial charge on any atom is -0.351 e. The van der Waals surface area contributed by atoms with Gasteiger partial charge in [0.1, 0.15) is 0 Å². The second-order valence-corrected chi connectivity index (χ2v) is 7.58. The molecule has 2 aromatic heterocycles. The molecule has 1 N–H and O–H groups in total. The third kappa shape index (κ3) is 4.63. The van der Waals surface area contributed by atoms with Gasteiger partial charge in [0.15, 0.2) is 5.16 Å².